The van der Waals surface area contributed by atoms with Crippen LogP contribution in [0, 0.1) is 5.82 Å². The van der Waals surface area contributed by atoms with Gasteiger partial charge in [-0.2, -0.15) is 14.6 Å². The van der Waals surface area contributed by atoms with Gasteiger partial charge in [0.05, 0.1) is 30.1 Å². The van der Waals surface area contributed by atoms with E-state index in [4.69, 9.17) is 10.2 Å². The van der Waals surface area contributed by atoms with E-state index >= 15 is 0 Å². The van der Waals surface area contributed by atoms with Gasteiger partial charge in [0.2, 0.25) is 11.8 Å². The minimum absolute atomic E-state index is 0.0564. The summed E-state index contributed by atoms with van der Waals surface area (Å²) in [4.78, 5) is 26.9. The summed E-state index contributed by atoms with van der Waals surface area (Å²) in [6.45, 7) is 1.60. The first-order valence-corrected chi connectivity index (χ1v) is 11.3. The van der Waals surface area contributed by atoms with Crippen molar-refractivity contribution in [3.63, 3.8) is 0 Å². The Labute approximate surface area is 208 Å². The lowest BCUT2D eigenvalue weighted by Gasteiger charge is -2.29. The van der Waals surface area contributed by atoms with Crippen LogP contribution in [0.3, 0.4) is 0 Å². The molecule has 6 rings (SSSR count). The molecule has 184 valence electrons. The Morgan fingerprint density at radius 2 is 1.95 bits per heavy atom. The molecule has 0 aliphatic carbocycles. The third kappa shape index (κ3) is 3.57. The largest absolute Gasteiger partial charge is 0.461 e. The summed E-state index contributed by atoms with van der Waals surface area (Å²) >= 11 is 0. The summed E-state index contributed by atoms with van der Waals surface area (Å²) in [6.07, 6.45) is 4.55. The highest BCUT2D eigenvalue weighted by Gasteiger charge is 2.40. The molecule has 11 nitrogen and oxygen atoms in total. The van der Waals surface area contributed by atoms with Crippen LogP contribution < -0.4 is 11.1 Å². The van der Waals surface area contributed by atoms with Crippen molar-refractivity contribution in [2.75, 3.05) is 5.73 Å². The van der Waals surface area contributed by atoms with E-state index in [1.54, 1.807) is 25.3 Å². The number of benzene rings is 1. The Morgan fingerprint density at radius 3 is 2.70 bits per heavy atom. The molecule has 1 atom stereocenters. The molecule has 0 radical (unpaired) electrons. The molecule has 3 N–H and O–H groups in total. The van der Waals surface area contributed by atoms with Crippen LogP contribution in [0.15, 0.2) is 77.7 Å². The van der Waals surface area contributed by atoms with Gasteiger partial charge in [0, 0.05) is 6.20 Å². The monoisotopic (exact) mass is 497 g/mol. The molecular weight excluding hydrogens is 477 g/mol. The topological polar surface area (TPSA) is 142 Å². The second kappa shape index (κ2) is 8.52. The van der Waals surface area contributed by atoms with Crippen LogP contribution in [0.1, 0.15) is 18.2 Å². The second-order valence-corrected chi connectivity index (χ2v) is 8.46. The zero-order valence-electron chi connectivity index (χ0n) is 19.5. The fourth-order valence-electron chi connectivity index (χ4n) is 4.24. The molecule has 0 spiro atoms. The number of carbonyl (C=O) groups is 1. The van der Waals surface area contributed by atoms with Crippen molar-refractivity contribution in [3.05, 3.63) is 90.3 Å². The van der Waals surface area contributed by atoms with Crippen molar-refractivity contribution in [1.82, 2.24) is 39.7 Å². The summed E-state index contributed by atoms with van der Waals surface area (Å²) in [6, 6.07) is 15.3. The summed E-state index contributed by atoms with van der Waals surface area (Å²) in [5.74, 6) is -0.0870. The van der Waals surface area contributed by atoms with E-state index in [1.807, 2.05) is 30.3 Å². The predicted molar refractivity (Wildman–Crippen MR) is 131 cm³/mol. The molecule has 0 saturated heterocycles. The molecule has 6 aromatic rings. The van der Waals surface area contributed by atoms with E-state index in [-0.39, 0.29) is 18.2 Å². The number of nitrogens with one attached hydrogen (secondary N) is 1. The molecule has 0 bridgehead atoms. The van der Waals surface area contributed by atoms with E-state index in [1.165, 1.54) is 33.8 Å². The van der Waals surface area contributed by atoms with Gasteiger partial charge in [0.15, 0.2) is 22.6 Å². The lowest BCUT2D eigenvalue weighted by molar-refractivity contribution is -0.127. The predicted octanol–water partition coefficient (Wildman–Crippen LogP) is 2.93. The van der Waals surface area contributed by atoms with Crippen molar-refractivity contribution in [2.24, 2.45) is 0 Å². The van der Waals surface area contributed by atoms with Gasteiger partial charge >= 0.3 is 0 Å². The normalized spacial score (nSPS) is 13.1. The minimum atomic E-state index is -1.38. The number of amides is 1. The van der Waals surface area contributed by atoms with Gasteiger partial charge < -0.3 is 15.5 Å². The molecule has 5 aromatic heterocycles. The zero-order chi connectivity index (χ0) is 25.6. The van der Waals surface area contributed by atoms with Crippen molar-refractivity contribution in [1.29, 1.82) is 0 Å². The Bertz CT molecular complexity index is 1740. The van der Waals surface area contributed by atoms with Gasteiger partial charge in [-0.05, 0) is 36.8 Å². The highest BCUT2D eigenvalue weighted by Crippen LogP contribution is 2.31. The van der Waals surface area contributed by atoms with Crippen LogP contribution in [0.5, 0.6) is 0 Å². The second-order valence-electron chi connectivity index (χ2n) is 8.46. The molecule has 0 aliphatic rings. The number of halogens is 1. The highest BCUT2D eigenvalue weighted by molar-refractivity contribution is 5.94. The maximum atomic E-state index is 14.2. The fourth-order valence-corrected chi connectivity index (χ4v) is 4.24. The van der Waals surface area contributed by atoms with Crippen LogP contribution in [-0.2, 0) is 16.9 Å². The first-order valence-electron chi connectivity index (χ1n) is 11.3. The van der Waals surface area contributed by atoms with Gasteiger partial charge in [-0.1, -0.05) is 30.3 Å². The van der Waals surface area contributed by atoms with Crippen LogP contribution in [0.2, 0.25) is 0 Å². The number of carbonyl (C=O) groups excluding carboxylic acids is 1. The summed E-state index contributed by atoms with van der Waals surface area (Å²) in [5.41, 5.74) is 6.37. The number of aromatic nitrogens is 7. The van der Waals surface area contributed by atoms with Crippen molar-refractivity contribution in [3.8, 4) is 11.6 Å². The zero-order valence-corrected chi connectivity index (χ0v) is 19.5. The Balaban J connectivity index is 1.49. The summed E-state index contributed by atoms with van der Waals surface area (Å²) in [7, 11) is 0. The smallest absolute Gasteiger partial charge is 0.252 e. The van der Waals surface area contributed by atoms with E-state index in [9.17, 15) is 9.18 Å². The standard InChI is InChI=1S/C25H20FN9O2/c1-25(15-7-3-2-4-8-15,23(36)29-14-18-17(26)9-5-11-28-18)35-22-16(13-30-35)21-31-20(19-10-6-12-37-19)33-34(21)24(27)32-22/h2-13H,14H2,1H3,(H2,27,32)(H,29,36)/t25-/m1/s1. The number of pyridine rings is 1. The molecule has 1 amide bonds. The summed E-state index contributed by atoms with van der Waals surface area (Å²) in [5, 5.41) is 12.3. The number of hydrogen-bond acceptors (Lipinski definition) is 8. The van der Waals surface area contributed by atoms with Crippen LogP contribution >= 0.6 is 0 Å². The van der Waals surface area contributed by atoms with Crippen molar-refractivity contribution in [2.45, 2.75) is 19.0 Å². The molecule has 1 aromatic carbocycles. The molecule has 12 heteroatoms. The average Bonchev–Trinajstić information content (AvgIpc) is 3.68. The summed E-state index contributed by atoms with van der Waals surface area (Å²) < 4.78 is 22.5. The SMILES string of the molecule is C[C@](C(=O)NCc1ncccc1F)(c1ccccc1)n1ncc2c1nc(N)n1nc(-c3ccco3)nc21. The molecule has 0 fully saturated rings. The molecule has 5 heterocycles. The lowest BCUT2D eigenvalue weighted by atomic mass is 9.91. The first-order chi connectivity index (χ1) is 18.0. The van der Waals surface area contributed by atoms with Gasteiger partial charge in [0.25, 0.3) is 5.91 Å². The number of nitrogens with zero attached hydrogens (tertiary/aromatic N) is 7. The molecular formula is C25H20FN9O2. The van der Waals surface area contributed by atoms with E-state index < -0.39 is 17.3 Å². The van der Waals surface area contributed by atoms with Crippen LogP contribution in [0.25, 0.3) is 28.3 Å². The maximum absolute atomic E-state index is 14.2. The van der Waals surface area contributed by atoms with E-state index in [0.29, 0.717) is 33.8 Å². The number of nitrogen functional groups attached to an aromatic ring is 1. The van der Waals surface area contributed by atoms with Crippen molar-refractivity contribution >= 4 is 28.5 Å². The highest BCUT2D eigenvalue weighted by atomic mass is 19.1. The quantitative estimate of drug-likeness (QED) is 0.358. The van der Waals surface area contributed by atoms with E-state index in [0.717, 1.165) is 0 Å². The Kier molecular flexibility index (Phi) is 5.14. The first kappa shape index (κ1) is 22.3. The number of furan rings is 1. The van der Waals surface area contributed by atoms with Gasteiger partial charge in [0.1, 0.15) is 5.82 Å². The third-order valence-electron chi connectivity index (χ3n) is 6.22. The molecule has 0 aliphatic heterocycles. The number of nitrogens with two attached hydrogens (primary N) is 1. The van der Waals surface area contributed by atoms with Crippen LogP contribution in [-0.4, -0.2) is 40.3 Å². The molecule has 0 unspecified atom stereocenters. The van der Waals surface area contributed by atoms with Gasteiger partial charge in [-0.15, -0.1) is 5.10 Å². The van der Waals surface area contributed by atoms with E-state index in [2.05, 4.69) is 30.5 Å². The average molecular weight is 497 g/mol. The number of fused-ring (bicyclic) bond motifs is 3. The number of anilines is 1. The Morgan fingerprint density at radius 1 is 1.11 bits per heavy atom. The molecule has 0 saturated carbocycles. The minimum Gasteiger partial charge on any atom is -0.461 e. The number of hydrogen-bond donors (Lipinski definition) is 2. The fraction of sp³-hybridized carbons (Fsp3) is 0.120. The van der Waals surface area contributed by atoms with Crippen molar-refractivity contribution < 1.29 is 13.6 Å². The van der Waals surface area contributed by atoms with Crippen LogP contribution in [0.4, 0.5) is 10.3 Å². The van der Waals surface area contributed by atoms with Gasteiger partial charge in [-0.3, -0.25) is 9.78 Å². The Hall–Kier alpha value is -5.13. The van der Waals surface area contributed by atoms with Gasteiger partial charge in [-0.25, -0.2) is 14.1 Å². The lowest BCUT2D eigenvalue weighted by Crippen LogP contribution is -2.48. The maximum Gasteiger partial charge on any atom is 0.252 e. The third-order valence-corrected chi connectivity index (χ3v) is 6.22. The molecule has 37 heavy (non-hydrogen) atoms. The number of rotatable bonds is 6.